The van der Waals surface area contributed by atoms with Crippen molar-refractivity contribution in [2.45, 2.75) is 20.4 Å². The molecule has 0 bridgehead atoms. The minimum absolute atomic E-state index is 0.770. The molecule has 0 radical (unpaired) electrons. The zero-order valence-electron chi connectivity index (χ0n) is 12.4. The maximum absolute atomic E-state index is 5.75. The topological polar surface area (TPSA) is 43.8 Å². The molecular weight excluding hydrogens is 258 g/mol. The average molecular weight is 277 g/mol. The summed E-state index contributed by atoms with van der Waals surface area (Å²) in [4.78, 5) is 4.49. The quantitative estimate of drug-likeness (QED) is 0.740. The predicted molar refractivity (Wildman–Crippen MR) is 87.1 cm³/mol. The van der Waals surface area contributed by atoms with Crippen LogP contribution in [0.15, 0.2) is 54.9 Å². The van der Waals surface area contributed by atoms with E-state index in [9.17, 15) is 0 Å². The normalized spacial score (nSPS) is 10.8. The number of benzene rings is 2. The molecule has 106 valence electrons. The van der Waals surface area contributed by atoms with Crippen molar-refractivity contribution >= 4 is 5.69 Å². The molecule has 3 aromatic rings. The highest BCUT2D eigenvalue weighted by molar-refractivity contribution is 5.59. The molecule has 2 aromatic carbocycles. The number of nitrogens with zero attached hydrogens (tertiary/aromatic N) is 2. The summed E-state index contributed by atoms with van der Waals surface area (Å²) in [5, 5.41) is 0. The Morgan fingerprint density at radius 1 is 1.05 bits per heavy atom. The lowest BCUT2D eigenvalue weighted by molar-refractivity contribution is 0.801. The Balaban J connectivity index is 1.96. The molecule has 21 heavy (non-hydrogen) atoms. The lowest BCUT2D eigenvalue weighted by Gasteiger charge is -2.11. The summed E-state index contributed by atoms with van der Waals surface area (Å²) in [5.41, 5.74) is 11.5. The van der Waals surface area contributed by atoms with Gasteiger partial charge < -0.3 is 10.3 Å². The molecule has 1 heterocycles. The molecule has 0 aliphatic rings. The van der Waals surface area contributed by atoms with E-state index in [1.807, 2.05) is 36.7 Å². The van der Waals surface area contributed by atoms with E-state index in [2.05, 4.69) is 41.6 Å². The van der Waals surface area contributed by atoms with Gasteiger partial charge in [-0.3, -0.25) is 0 Å². The van der Waals surface area contributed by atoms with Crippen molar-refractivity contribution in [1.82, 2.24) is 9.55 Å². The minimum atomic E-state index is 0.770. The molecule has 0 spiro atoms. The van der Waals surface area contributed by atoms with E-state index in [4.69, 9.17) is 5.73 Å². The summed E-state index contributed by atoms with van der Waals surface area (Å²) in [6.07, 6.45) is 3.87. The van der Waals surface area contributed by atoms with Gasteiger partial charge in [0, 0.05) is 30.2 Å². The second-order valence-electron chi connectivity index (χ2n) is 5.43. The van der Waals surface area contributed by atoms with Crippen LogP contribution in [-0.2, 0) is 6.54 Å². The largest absolute Gasteiger partial charge is 0.399 e. The number of hydrogen-bond acceptors (Lipinski definition) is 2. The molecule has 0 fully saturated rings. The van der Waals surface area contributed by atoms with Crippen molar-refractivity contribution in [1.29, 1.82) is 0 Å². The fraction of sp³-hybridized carbons (Fsp3) is 0.167. The third-order valence-electron chi connectivity index (χ3n) is 3.73. The van der Waals surface area contributed by atoms with E-state index >= 15 is 0 Å². The first-order chi connectivity index (χ1) is 10.1. The molecule has 0 aliphatic heterocycles. The Morgan fingerprint density at radius 2 is 1.81 bits per heavy atom. The summed E-state index contributed by atoms with van der Waals surface area (Å²) < 4.78 is 2.17. The number of aryl methyl sites for hydroxylation is 2. The van der Waals surface area contributed by atoms with Crippen LogP contribution in [0.2, 0.25) is 0 Å². The molecule has 0 aliphatic carbocycles. The number of rotatable bonds is 3. The van der Waals surface area contributed by atoms with Crippen LogP contribution in [0.1, 0.15) is 16.7 Å². The highest BCUT2D eigenvalue weighted by Gasteiger charge is 2.07. The number of nitrogens with two attached hydrogens (primary N) is 1. The summed E-state index contributed by atoms with van der Waals surface area (Å²) in [7, 11) is 0. The van der Waals surface area contributed by atoms with Crippen LogP contribution in [-0.4, -0.2) is 9.55 Å². The van der Waals surface area contributed by atoms with E-state index < -0.39 is 0 Å². The van der Waals surface area contributed by atoms with Crippen molar-refractivity contribution in [3.8, 4) is 11.4 Å². The summed E-state index contributed by atoms with van der Waals surface area (Å²) in [6, 6.07) is 14.4. The molecule has 0 amide bonds. The van der Waals surface area contributed by atoms with Gasteiger partial charge in [-0.1, -0.05) is 23.8 Å². The lowest BCUT2D eigenvalue weighted by Crippen LogP contribution is -2.03. The van der Waals surface area contributed by atoms with Crippen LogP contribution in [0.5, 0.6) is 0 Å². The molecule has 3 rings (SSSR count). The third-order valence-corrected chi connectivity index (χ3v) is 3.73. The van der Waals surface area contributed by atoms with Crippen LogP contribution < -0.4 is 5.73 Å². The number of hydrogen-bond donors (Lipinski definition) is 1. The zero-order chi connectivity index (χ0) is 14.8. The molecule has 1 aromatic heterocycles. The van der Waals surface area contributed by atoms with Gasteiger partial charge >= 0.3 is 0 Å². The van der Waals surface area contributed by atoms with Crippen molar-refractivity contribution in [2.75, 3.05) is 5.73 Å². The van der Waals surface area contributed by atoms with Crippen molar-refractivity contribution in [3.05, 3.63) is 71.5 Å². The Hall–Kier alpha value is -2.55. The van der Waals surface area contributed by atoms with Gasteiger partial charge in [-0.2, -0.15) is 0 Å². The Morgan fingerprint density at radius 3 is 2.57 bits per heavy atom. The molecule has 0 atom stereocenters. The van der Waals surface area contributed by atoms with Crippen LogP contribution in [0.4, 0.5) is 5.69 Å². The number of nitrogen functional groups attached to an aromatic ring is 1. The molecule has 0 unspecified atom stereocenters. The van der Waals surface area contributed by atoms with Gasteiger partial charge in [0.05, 0.1) is 0 Å². The Bertz CT molecular complexity index is 754. The van der Waals surface area contributed by atoms with Gasteiger partial charge in [0.1, 0.15) is 5.82 Å². The fourth-order valence-electron chi connectivity index (χ4n) is 2.48. The molecule has 2 N–H and O–H groups in total. The number of imidazole rings is 1. The third kappa shape index (κ3) is 2.82. The first-order valence-electron chi connectivity index (χ1n) is 7.06. The fourth-order valence-corrected chi connectivity index (χ4v) is 2.48. The van der Waals surface area contributed by atoms with E-state index in [1.54, 1.807) is 0 Å². The number of anilines is 1. The summed E-state index contributed by atoms with van der Waals surface area (Å²) in [6.45, 7) is 5.10. The maximum atomic E-state index is 5.75. The van der Waals surface area contributed by atoms with E-state index in [1.165, 1.54) is 16.7 Å². The van der Waals surface area contributed by atoms with Crippen LogP contribution >= 0.6 is 0 Å². The van der Waals surface area contributed by atoms with Gasteiger partial charge in [-0.15, -0.1) is 0 Å². The average Bonchev–Trinajstić information content (AvgIpc) is 2.92. The van der Waals surface area contributed by atoms with Crippen LogP contribution in [0.25, 0.3) is 11.4 Å². The second-order valence-corrected chi connectivity index (χ2v) is 5.43. The van der Waals surface area contributed by atoms with E-state index in [0.29, 0.717) is 0 Å². The standard InChI is InChI=1S/C18H19N3/c1-13-3-4-14(2)16(11-13)12-21-10-9-20-18(21)15-5-7-17(19)8-6-15/h3-11H,12,19H2,1-2H3. The highest BCUT2D eigenvalue weighted by Crippen LogP contribution is 2.21. The molecule has 0 saturated heterocycles. The Kier molecular flexibility index (Phi) is 3.48. The van der Waals surface area contributed by atoms with Crippen molar-refractivity contribution < 1.29 is 0 Å². The second kappa shape index (κ2) is 5.44. The monoisotopic (exact) mass is 277 g/mol. The van der Waals surface area contributed by atoms with Gasteiger partial charge in [0.2, 0.25) is 0 Å². The van der Waals surface area contributed by atoms with Crippen LogP contribution in [0, 0.1) is 13.8 Å². The van der Waals surface area contributed by atoms with Gasteiger partial charge in [0.25, 0.3) is 0 Å². The first kappa shape index (κ1) is 13.4. The zero-order valence-corrected chi connectivity index (χ0v) is 12.4. The molecule has 3 heteroatoms. The number of aromatic nitrogens is 2. The van der Waals surface area contributed by atoms with Crippen molar-refractivity contribution in [3.63, 3.8) is 0 Å². The predicted octanol–water partition coefficient (Wildman–Crippen LogP) is 3.80. The van der Waals surface area contributed by atoms with Crippen LogP contribution in [0.3, 0.4) is 0 Å². The lowest BCUT2D eigenvalue weighted by atomic mass is 10.1. The van der Waals surface area contributed by atoms with Gasteiger partial charge in [-0.25, -0.2) is 4.98 Å². The molecular formula is C18H19N3. The van der Waals surface area contributed by atoms with Gasteiger partial charge in [0.15, 0.2) is 0 Å². The highest BCUT2D eigenvalue weighted by atomic mass is 15.1. The van der Waals surface area contributed by atoms with Crippen molar-refractivity contribution in [2.24, 2.45) is 0 Å². The molecule has 0 saturated carbocycles. The Labute approximate surface area is 125 Å². The SMILES string of the molecule is Cc1ccc(C)c(Cn2ccnc2-c2ccc(N)cc2)c1. The summed E-state index contributed by atoms with van der Waals surface area (Å²) in [5.74, 6) is 0.968. The van der Waals surface area contributed by atoms with E-state index in [-0.39, 0.29) is 0 Å². The van der Waals surface area contributed by atoms with E-state index in [0.717, 1.165) is 23.6 Å². The maximum Gasteiger partial charge on any atom is 0.140 e. The summed E-state index contributed by atoms with van der Waals surface area (Å²) >= 11 is 0. The first-order valence-corrected chi connectivity index (χ1v) is 7.06. The minimum Gasteiger partial charge on any atom is -0.399 e. The smallest absolute Gasteiger partial charge is 0.140 e. The molecule has 3 nitrogen and oxygen atoms in total. The van der Waals surface area contributed by atoms with Gasteiger partial charge in [-0.05, 0) is 49.2 Å².